The molecule has 0 atom stereocenters. The van der Waals surface area contributed by atoms with E-state index in [1.54, 1.807) is 6.07 Å². The lowest BCUT2D eigenvalue weighted by molar-refractivity contribution is 0.0971. The molecule has 1 aromatic carbocycles. The maximum Gasteiger partial charge on any atom is 0.274 e. The van der Waals surface area contributed by atoms with Gasteiger partial charge in [0.25, 0.3) is 5.90 Å². The minimum atomic E-state index is 0.163. The number of ketones is 1. The number of fused-ring (bicyclic) bond motifs is 1. The van der Waals surface area contributed by atoms with Gasteiger partial charge in [-0.15, -0.1) is 0 Å². The van der Waals surface area contributed by atoms with Crippen LogP contribution in [-0.4, -0.2) is 30.0 Å². The Kier molecular flexibility index (Phi) is 6.12. The van der Waals surface area contributed by atoms with Crippen LogP contribution in [0.2, 0.25) is 10.0 Å². The third kappa shape index (κ3) is 3.85. The Morgan fingerprint density at radius 2 is 2.04 bits per heavy atom. The number of rotatable bonds is 5. The lowest BCUT2D eigenvalue weighted by atomic mass is 9.93. The summed E-state index contributed by atoms with van der Waals surface area (Å²) in [6.45, 7) is 4.80. The van der Waals surface area contributed by atoms with E-state index in [-0.39, 0.29) is 5.78 Å². The van der Waals surface area contributed by atoms with Gasteiger partial charge in [0.15, 0.2) is 5.78 Å². The van der Waals surface area contributed by atoms with Gasteiger partial charge in [-0.1, -0.05) is 29.3 Å². The van der Waals surface area contributed by atoms with Crippen LogP contribution < -0.4 is 0 Å². The summed E-state index contributed by atoms with van der Waals surface area (Å²) < 4.78 is 7.82. The van der Waals surface area contributed by atoms with E-state index in [1.807, 2.05) is 26.0 Å². The number of nitrogens with zero attached hydrogens (tertiary/aromatic N) is 2. The van der Waals surface area contributed by atoms with Gasteiger partial charge in [-0.05, 0) is 55.1 Å². The number of benzene rings is 1. The second-order valence-electron chi connectivity index (χ2n) is 6.42. The molecule has 144 valence electrons. The second-order valence-corrected chi connectivity index (χ2v) is 7.23. The number of hydrogen-bond donors (Lipinski definition) is 0. The van der Waals surface area contributed by atoms with Crippen LogP contribution >= 0.6 is 23.2 Å². The molecule has 0 unspecified atom stereocenters. The summed E-state index contributed by atoms with van der Waals surface area (Å²) in [6, 6.07) is 5.55. The molecule has 0 amide bonds. The first-order valence-corrected chi connectivity index (χ1v) is 9.66. The van der Waals surface area contributed by atoms with Gasteiger partial charge in [-0.3, -0.25) is 4.79 Å². The first kappa shape index (κ1) is 19.8. The second kappa shape index (κ2) is 8.36. The summed E-state index contributed by atoms with van der Waals surface area (Å²) in [6.07, 6.45) is 2.23. The summed E-state index contributed by atoms with van der Waals surface area (Å²) in [5, 5.41) is 5.07. The van der Waals surface area contributed by atoms with Crippen LogP contribution in [0.3, 0.4) is 0 Å². The minimum absolute atomic E-state index is 0.163. The van der Waals surface area contributed by atoms with Crippen LogP contribution in [0.5, 0.6) is 0 Å². The Morgan fingerprint density at radius 3 is 2.70 bits per heavy atom. The number of oxime groups is 1. The lowest BCUT2D eigenvalue weighted by Crippen LogP contribution is -2.18. The predicted molar refractivity (Wildman–Crippen MR) is 107 cm³/mol. The van der Waals surface area contributed by atoms with Crippen LogP contribution in [0.1, 0.15) is 52.6 Å². The summed E-state index contributed by atoms with van der Waals surface area (Å²) in [5.74, 6) is 0.538. The minimum Gasteiger partial charge on any atom is -0.474 e. The fourth-order valence-electron chi connectivity index (χ4n) is 3.61. The first-order valence-electron chi connectivity index (χ1n) is 8.91. The van der Waals surface area contributed by atoms with Crippen molar-refractivity contribution in [3.05, 3.63) is 56.3 Å². The molecular formula is C20H22Cl2N2O3. The summed E-state index contributed by atoms with van der Waals surface area (Å²) in [4.78, 5) is 17.6. The van der Waals surface area contributed by atoms with Crippen LogP contribution in [0, 0.1) is 6.92 Å². The van der Waals surface area contributed by atoms with Crippen molar-refractivity contribution in [2.75, 3.05) is 13.7 Å². The molecule has 0 bridgehead atoms. The SMILES string of the molecule is CCO/C(=N\OC)c1c(C)c2c(n1Cc1ccc(Cl)c(Cl)c1)CCCC2=O. The average Bonchev–Trinajstić information content (AvgIpc) is 2.91. The Hall–Kier alpha value is -1.98. The van der Waals surface area contributed by atoms with Crippen molar-refractivity contribution in [2.45, 2.75) is 39.7 Å². The van der Waals surface area contributed by atoms with Crippen molar-refractivity contribution in [3.63, 3.8) is 0 Å². The highest BCUT2D eigenvalue weighted by Crippen LogP contribution is 2.32. The highest BCUT2D eigenvalue weighted by Gasteiger charge is 2.30. The monoisotopic (exact) mass is 408 g/mol. The molecule has 1 aliphatic carbocycles. The van der Waals surface area contributed by atoms with Crippen molar-refractivity contribution in [1.29, 1.82) is 0 Å². The zero-order valence-corrected chi connectivity index (χ0v) is 17.2. The molecule has 3 rings (SSSR count). The standard InChI is InChI=1S/C20H22Cl2N2O3/c1-4-27-20(23-26-3)19-12(2)18-16(6-5-7-17(18)25)24(19)11-13-8-9-14(21)15(22)10-13/h8-10H,4-7,11H2,1-3H3/b23-20-. The summed E-state index contributed by atoms with van der Waals surface area (Å²) in [7, 11) is 1.48. The van der Waals surface area contributed by atoms with Gasteiger partial charge in [0, 0.05) is 24.2 Å². The van der Waals surface area contributed by atoms with Gasteiger partial charge < -0.3 is 14.1 Å². The molecule has 2 aromatic rings. The molecule has 0 N–H and O–H groups in total. The maximum absolute atomic E-state index is 12.6. The highest BCUT2D eigenvalue weighted by atomic mass is 35.5. The van der Waals surface area contributed by atoms with Crippen molar-refractivity contribution in [1.82, 2.24) is 4.57 Å². The molecule has 0 aliphatic heterocycles. The van der Waals surface area contributed by atoms with E-state index in [1.165, 1.54) is 7.11 Å². The van der Waals surface area contributed by atoms with Gasteiger partial charge in [0.1, 0.15) is 12.8 Å². The van der Waals surface area contributed by atoms with Crippen molar-refractivity contribution in [3.8, 4) is 0 Å². The zero-order valence-electron chi connectivity index (χ0n) is 15.6. The first-order chi connectivity index (χ1) is 13.0. The molecule has 0 spiro atoms. The Labute approximate surface area is 168 Å². The summed E-state index contributed by atoms with van der Waals surface area (Å²) >= 11 is 12.2. The fraction of sp³-hybridized carbons (Fsp3) is 0.400. The van der Waals surface area contributed by atoms with E-state index in [0.29, 0.717) is 35.5 Å². The normalized spacial score (nSPS) is 14.3. The van der Waals surface area contributed by atoms with E-state index in [9.17, 15) is 4.79 Å². The van der Waals surface area contributed by atoms with Gasteiger partial charge >= 0.3 is 0 Å². The molecule has 27 heavy (non-hydrogen) atoms. The predicted octanol–water partition coefficient (Wildman–Crippen LogP) is 5.02. The number of carbonyl (C=O) groups excluding carboxylic acids is 1. The topological polar surface area (TPSA) is 52.8 Å². The van der Waals surface area contributed by atoms with Crippen LogP contribution in [-0.2, 0) is 22.5 Å². The number of hydrogen-bond acceptors (Lipinski definition) is 4. The van der Waals surface area contributed by atoms with E-state index in [4.69, 9.17) is 32.8 Å². The third-order valence-corrected chi connectivity index (χ3v) is 5.43. The molecule has 5 nitrogen and oxygen atoms in total. The number of Topliss-reactive ketones (excluding diaryl/α,β-unsaturated/α-hetero) is 1. The molecule has 7 heteroatoms. The van der Waals surface area contributed by atoms with E-state index >= 15 is 0 Å². The fourth-order valence-corrected chi connectivity index (χ4v) is 3.93. The molecule has 0 saturated heterocycles. The Bertz CT molecular complexity index is 903. The molecule has 0 saturated carbocycles. The summed E-state index contributed by atoms with van der Waals surface area (Å²) in [5.41, 5.74) is 4.41. The van der Waals surface area contributed by atoms with Gasteiger partial charge in [0.05, 0.1) is 16.7 Å². The van der Waals surface area contributed by atoms with E-state index < -0.39 is 0 Å². The molecular weight excluding hydrogens is 387 g/mol. The molecule has 0 radical (unpaired) electrons. The number of carbonyl (C=O) groups is 1. The van der Waals surface area contributed by atoms with Crippen LogP contribution in [0.4, 0.5) is 0 Å². The number of aromatic nitrogens is 1. The van der Waals surface area contributed by atoms with Crippen LogP contribution in [0.15, 0.2) is 23.4 Å². The van der Waals surface area contributed by atoms with Gasteiger partial charge in [-0.2, -0.15) is 0 Å². The zero-order chi connectivity index (χ0) is 19.6. The van der Waals surface area contributed by atoms with Gasteiger partial charge in [0.2, 0.25) is 0 Å². The van der Waals surface area contributed by atoms with Gasteiger partial charge in [-0.25, -0.2) is 0 Å². The third-order valence-electron chi connectivity index (χ3n) is 4.69. The maximum atomic E-state index is 12.6. The van der Waals surface area contributed by atoms with E-state index in [0.717, 1.165) is 40.9 Å². The lowest BCUT2D eigenvalue weighted by Gasteiger charge is -2.17. The molecule has 0 fully saturated rings. The molecule has 1 heterocycles. The smallest absolute Gasteiger partial charge is 0.274 e. The largest absolute Gasteiger partial charge is 0.474 e. The number of halogens is 2. The quantitative estimate of drug-likeness (QED) is 0.396. The van der Waals surface area contributed by atoms with Crippen LogP contribution in [0.25, 0.3) is 0 Å². The highest BCUT2D eigenvalue weighted by molar-refractivity contribution is 6.42. The Balaban J connectivity index is 2.18. The van der Waals surface area contributed by atoms with Crippen molar-refractivity contribution < 1.29 is 14.4 Å². The Morgan fingerprint density at radius 1 is 1.26 bits per heavy atom. The average molecular weight is 409 g/mol. The molecule has 1 aliphatic rings. The van der Waals surface area contributed by atoms with E-state index in [2.05, 4.69) is 9.72 Å². The van der Waals surface area contributed by atoms with Crippen molar-refractivity contribution >= 4 is 34.9 Å². The van der Waals surface area contributed by atoms with Crippen molar-refractivity contribution in [2.24, 2.45) is 5.16 Å². The number of ether oxygens (including phenoxy) is 1. The molecule has 1 aromatic heterocycles.